The number of hydrogen-bond donors (Lipinski definition) is 1. The largest absolute Gasteiger partial charge is 0.478 e. The molecular weight excluding hydrogens is 232 g/mol. The predicted octanol–water partition coefficient (Wildman–Crippen LogP) is 1.51. The number of fused-ring (bicyclic) bond motifs is 1. The van der Waals surface area contributed by atoms with Crippen molar-refractivity contribution in [2.45, 2.75) is 0 Å². The molecule has 0 radical (unpaired) electrons. The Morgan fingerprint density at radius 3 is 3.00 bits per heavy atom. The molecule has 0 saturated heterocycles. The van der Waals surface area contributed by atoms with Crippen molar-refractivity contribution in [1.29, 1.82) is 0 Å². The van der Waals surface area contributed by atoms with Gasteiger partial charge in [0.1, 0.15) is 5.52 Å². The van der Waals surface area contributed by atoms with Crippen molar-refractivity contribution < 1.29 is 9.90 Å². The third-order valence-corrected chi connectivity index (χ3v) is 2.59. The number of hydrogen-bond acceptors (Lipinski definition) is 4. The number of carboxylic acids is 1. The molecule has 2 heterocycles. The van der Waals surface area contributed by atoms with E-state index in [1.165, 1.54) is 6.07 Å². The van der Waals surface area contributed by atoms with E-state index in [0.717, 1.165) is 5.52 Å². The summed E-state index contributed by atoms with van der Waals surface area (Å²) in [5.74, 6) is -0.970. The van der Waals surface area contributed by atoms with Crippen molar-refractivity contribution in [3.8, 4) is 5.69 Å². The van der Waals surface area contributed by atoms with Crippen LogP contribution >= 0.6 is 0 Å². The van der Waals surface area contributed by atoms with Gasteiger partial charge < -0.3 is 5.11 Å². The van der Waals surface area contributed by atoms with Crippen molar-refractivity contribution in [2.24, 2.45) is 0 Å². The van der Waals surface area contributed by atoms with Gasteiger partial charge in [-0.1, -0.05) is 11.3 Å². The van der Waals surface area contributed by atoms with Gasteiger partial charge in [-0.15, -0.1) is 5.10 Å². The van der Waals surface area contributed by atoms with Crippen LogP contribution in [0, 0.1) is 0 Å². The van der Waals surface area contributed by atoms with E-state index in [9.17, 15) is 4.79 Å². The second-order valence-electron chi connectivity index (χ2n) is 3.72. The van der Waals surface area contributed by atoms with E-state index in [2.05, 4.69) is 15.3 Å². The Kier molecular flexibility index (Phi) is 2.26. The molecule has 0 aliphatic rings. The zero-order chi connectivity index (χ0) is 12.5. The van der Waals surface area contributed by atoms with Crippen molar-refractivity contribution in [2.75, 3.05) is 0 Å². The van der Waals surface area contributed by atoms with Gasteiger partial charge in [-0.2, -0.15) is 0 Å². The molecule has 6 heteroatoms. The van der Waals surface area contributed by atoms with Gasteiger partial charge in [0, 0.05) is 6.20 Å². The summed E-state index contributed by atoms with van der Waals surface area (Å²) >= 11 is 0. The van der Waals surface area contributed by atoms with Crippen LogP contribution in [-0.4, -0.2) is 31.1 Å². The molecule has 0 atom stereocenters. The highest BCUT2D eigenvalue weighted by molar-refractivity contribution is 5.88. The Labute approximate surface area is 102 Å². The highest BCUT2D eigenvalue weighted by Gasteiger charge is 2.08. The van der Waals surface area contributed by atoms with Gasteiger partial charge >= 0.3 is 5.97 Å². The van der Waals surface area contributed by atoms with Crippen molar-refractivity contribution >= 4 is 17.0 Å². The second kappa shape index (κ2) is 3.92. The lowest BCUT2D eigenvalue weighted by Crippen LogP contribution is -2.01. The first-order valence-corrected chi connectivity index (χ1v) is 5.25. The molecule has 0 amide bonds. The van der Waals surface area contributed by atoms with Gasteiger partial charge in [0.05, 0.1) is 23.0 Å². The number of aromatic carboxylic acids is 1. The van der Waals surface area contributed by atoms with Crippen LogP contribution in [0.5, 0.6) is 0 Å². The van der Waals surface area contributed by atoms with Crippen LogP contribution in [0.3, 0.4) is 0 Å². The molecule has 0 unspecified atom stereocenters. The number of rotatable bonds is 2. The molecule has 1 N–H and O–H groups in total. The van der Waals surface area contributed by atoms with E-state index in [1.54, 1.807) is 41.3 Å². The molecule has 3 rings (SSSR count). The highest BCUT2D eigenvalue weighted by atomic mass is 16.4. The number of carboxylic acid groups (broad SMARTS) is 1. The fourth-order valence-corrected chi connectivity index (χ4v) is 1.74. The van der Waals surface area contributed by atoms with Gasteiger partial charge in [0.15, 0.2) is 0 Å². The van der Waals surface area contributed by atoms with E-state index >= 15 is 0 Å². The van der Waals surface area contributed by atoms with Crippen LogP contribution in [0.15, 0.2) is 42.7 Å². The Hall–Kier alpha value is -2.76. The topological polar surface area (TPSA) is 80.9 Å². The zero-order valence-corrected chi connectivity index (χ0v) is 9.19. The molecule has 3 aromatic rings. The summed E-state index contributed by atoms with van der Waals surface area (Å²) in [5, 5.41) is 16.9. The lowest BCUT2D eigenvalue weighted by Gasteiger charge is -2.02. The summed E-state index contributed by atoms with van der Waals surface area (Å²) in [6.45, 7) is 0. The van der Waals surface area contributed by atoms with Crippen LogP contribution < -0.4 is 0 Å². The molecular formula is C12H8N4O2. The summed E-state index contributed by atoms with van der Waals surface area (Å²) in [5.41, 5.74) is 2.32. The summed E-state index contributed by atoms with van der Waals surface area (Å²) in [4.78, 5) is 14.9. The number of nitrogens with zero attached hydrogens (tertiary/aromatic N) is 4. The van der Waals surface area contributed by atoms with Gasteiger partial charge in [-0.3, -0.25) is 4.98 Å². The monoisotopic (exact) mass is 240 g/mol. The minimum Gasteiger partial charge on any atom is -0.478 e. The maximum absolute atomic E-state index is 10.9. The molecule has 0 saturated carbocycles. The molecule has 1 aromatic carbocycles. The standard InChI is InChI=1S/C12H8N4O2/c17-12(18)8-2-1-3-9(6-8)16-11-4-5-13-7-10(11)14-15-16/h1-7H,(H,17,18). The van der Waals surface area contributed by atoms with Crippen LogP contribution in [0.2, 0.25) is 0 Å². The molecule has 6 nitrogen and oxygen atoms in total. The van der Waals surface area contributed by atoms with Crippen molar-refractivity contribution in [3.63, 3.8) is 0 Å². The molecule has 0 spiro atoms. The molecule has 0 fully saturated rings. The van der Waals surface area contributed by atoms with Gasteiger partial charge in [0.25, 0.3) is 0 Å². The Balaban J connectivity index is 2.20. The lowest BCUT2D eigenvalue weighted by atomic mass is 10.2. The zero-order valence-electron chi connectivity index (χ0n) is 9.19. The summed E-state index contributed by atoms with van der Waals surface area (Å²) in [6.07, 6.45) is 3.25. The first-order valence-electron chi connectivity index (χ1n) is 5.25. The third kappa shape index (κ3) is 1.60. The first-order chi connectivity index (χ1) is 8.75. The predicted molar refractivity (Wildman–Crippen MR) is 63.6 cm³/mol. The minimum absolute atomic E-state index is 0.213. The van der Waals surface area contributed by atoms with Gasteiger partial charge in [0.2, 0.25) is 0 Å². The van der Waals surface area contributed by atoms with E-state index in [4.69, 9.17) is 5.11 Å². The molecule has 18 heavy (non-hydrogen) atoms. The van der Waals surface area contributed by atoms with Crippen LogP contribution in [0.25, 0.3) is 16.7 Å². The summed E-state index contributed by atoms with van der Waals surface area (Å²) < 4.78 is 1.59. The average molecular weight is 240 g/mol. The Morgan fingerprint density at radius 2 is 2.17 bits per heavy atom. The van der Waals surface area contributed by atoms with Crippen LogP contribution in [0.1, 0.15) is 10.4 Å². The minimum atomic E-state index is -0.970. The molecule has 0 bridgehead atoms. The first kappa shape index (κ1) is 10.4. The van der Waals surface area contributed by atoms with E-state index < -0.39 is 5.97 Å². The number of benzene rings is 1. The Bertz CT molecular complexity index is 736. The molecule has 88 valence electrons. The fourth-order valence-electron chi connectivity index (χ4n) is 1.74. The van der Waals surface area contributed by atoms with Crippen LogP contribution in [0.4, 0.5) is 0 Å². The van der Waals surface area contributed by atoms with E-state index in [-0.39, 0.29) is 5.56 Å². The second-order valence-corrected chi connectivity index (χ2v) is 3.72. The average Bonchev–Trinajstić information content (AvgIpc) is 2.82. The molecule has 0 aliphatic carbocycles. The van der Waals surface area contributed by atoms with Crippen molar-refractivity contribution in [1.82, 2.24) is 20.0 Å². The number of aromatic nitrogens is 4. The Morgan fingerprint density at radius 1 is 1.28 bits per heavy atom. The lowest BCUT2D eigenvalue weighted by molar-refractivity contribution is 0.0697. The van der Waals surface area contributed by atoms with E-state index in [1.807, 2.05) is 0 Å². The van der Waals surface area contributed by atoms with E-state index in [0.29, 0.717) is 11.2 Å². The number of pyridine rings is 1. The summed E-state index contributed by atoms with van der Waals surface area (Å²) in [6, 6.07) is 8.32. The van der Waals surface area contributed by atoms with Gasteiger partial charge in [-0.05, 0) is 24.3 Å². The SMILES string of the molecule is O=C(O)c1cccc(-n2nnc3cnccc32)c1. The molecule has 2 aromatic heterocycles. The maximum Gasteiger partial charge on any atom is 0.335 e. The third-order valence-electron chi connectivity index (χ3n) is 2.59. The molecule has 0 aliphatic heterocycles. The van der Waals surface area contributed by atoms with Crippen molar-refractivity contribution in [3.05, 3.63) is 48.3 Å². The van der Waals surface area contributed by atoms with Crippen LogP contribution in [-0.2, 0) is 0 Å². The van der Waals surface area contributed by atoms with Gasteiger partial charge in [-0.25, -0.2) is 9.48 Å². The quantitative estimate of drug-likeness (QED) is 0.734. The smallest absolute Gasteiger partial charge is 0.335 e. The number of carbonyl (C=O) groups is 1. The highest BCUT2D eigenvalue weighted by Crippen LogP contribution is 2.16. The maximum atomic E-state index is 10.9. The normalized spacial score (nSPS) is 10.7. The fraction of sp³-hybridized carbons (Fsp3) is 0. The summed E-state index contributed by atoms with van der Waals surface area (Å²) in [7, 11) is 0.